The maximum absolute atomic E-state index is 13.2. The molecule has 0 aliphatic heterocycles. The molecule has 0 atom stereocenters. The Hall–Kier alpha value is -1.83. The molecule has 0 aliphatic carbocycles. The quantitative estimate of drug-likeness (QED) is 0.736. The Balaban J connectivity index is 2.55. The third kappa shape index (κ3) is 5.71. The van der Waals surface area contributed by atoms with E-state index in [9.17, 15) is 4.39 Å². The summed E-state index contributed by atoms with van der Waals surface area (Å²) < 4.78 is 23.6. The lowest BCUT2D eigenvalue weighted by molar-refractivity contribution is 0.117. The normalized spacial score (nSPS) is 10.4. The average Bonchev–Trinajstić information content (AvgIpc) is 2.27. The molecule has 0 aromatic carbocycles. The molecule has 0 bridgehead atoms. The molecule has 0 N–H and O–H groups in total. The first-order chi connectivity index (χ1) is 8.01. The SMILES string of the molecule is CC#CCOc1cc(OCC(C)(C)F)ncn1. The molecule has 0 unspecified atom stereocenters. The first-order valence-electron chi connectivity index (χ1n) is 5.17. The van der Waals surface area contributed by atoms with Crippen molar-refractivity contribution in [3.63, 3.8) is 0 Å². The predicted molar refractivity (Wildman–Crippen MR) is 61.7 cm³/mol. The Kier molecular flexibility index (Phi) is 4.70. The maximum Gasteiger partial charge on any atom is 0.221 e. The fourth-order valence-electron chi connectivity index (χ4n) is 0.908. The smallest absolute Gasteiger partial charge is 0.221 e. The van der Waals surface area contributed by atoms with Crippen LogP contribution in [-0.2, 0) is 0 Å². The van der Waals surface area contributed by atoms with Crippen LogP contribution < -0.4 is 9.47 Å². The minimum absolute atomic E-state index is 0.0712. The number of aromatic nitrogens is 2. The monoisotopic (exact) mass is 238 g/mol. The van der Waals surface area contributed by atoms with Crippen molar-refractivity contribution in [3.8, 4) is 23.6 Å². The highest BCUT2D eigenvalue weighted by Gasteiger charge is 2.16. The van der Waals surface area contributed by atoms with Crippen molar-refractivity contribution in [2.24, 2.45) is 0 Å². The van der Waals surface area contributed by atoms with Gasteiger partial charge in [-0.1, -0.05) is 5.92 Å². The molecule has 1 heterocycles. The van der Waals surface area contributed by atoms with Crippen molar-refractivity contribution >= 4 is 0 Å². The Morgan fingerprint density at radius 3 is 2.53 bits per heavy atom. The van der Waals surface area contributed by atoms with Crippen LogP contribution in [0.3, 0.4) is 0 Å². The summed E-state index contributed by atoms with van der Waals surface area (Å²) in [5, 5.41) is 0. The highest BCUT2D eigenvalue weighted by Crippen LogP contribution is 2.16. The van der Waals surface area contributed by atoms with Crippen LogP contribution in [0.1, 0.15) is 20.8 Å². The first-order valence-corrected chi connectivity index (χ1v) is 5.17. The van der Waals surface area contributed by atoms with E-state index < -0.39 is 5.67 Å². The van der Waals surface area contributed by atoms with Gasteiger partial charge in [-0.05, 0) is 20.8 Å². The van der Waals surface area contributed by atoms with Crippen molar-refractivity contribution in [2.75, 3.05) is 13.2 Å². The van der Waals surface area contributed by atoms with Crippen LogP contribution in [0.4, 0.5) is 4.39 Å². The van der Waals surface area contributed by atoms with E-state index in [0.717, 1.165) is 0 Å². The third-order valence-corrected chi connectivity index (χ3v) is 1.65. The van der Waals surface area contributed by atoms with Crippen LogP contribution >= 0.6 is 0 Å². The Labute approximate surface area is 100 Å². The van der Waals surface area contributed by atoms with E-state index in [2.05, 4.69) is 21.8 Å². The van der Waals surface area contributed by atoms with Crippen molar-refractivity contribution in [1.29, 1.82) is 0 Å². The van der Waals surface area contributed by atoms with E-state index in [4.69, 9.17) is 9.47 Å². The number of hydrogen-bond acceptors (Lipinski definition) is 4. The summed E-state index contributed by atoms with van der Waals surface area (Å²) in [6.45, 7) is 4.77. The van der Waals surface area contributed by atoms with Gasteiger partial charge in [-0.15, -0.1) is 5.92 Å². The molecule has 1 aromatic rings. The molecular weight excluding hydrogens is 223 g/mol. The lowest BCUT2D eigenvalue weighted by atomic mass is 10.2. The summed E-state index contributed by atoms with van der Waals surface area (Å²) in [6.07, 6.45) is 1.30. The lowest BCUT2D eigenvalue weighted by Crippen LogP contribution is -2.22. The van der Waals surface area contributed by atoms with E-state index >= 15 is 0 Å². The molecule has 0 fully saturated rings. The zero-order chi connectivity index (χ0) is 12.7. The zero-order valence-corrected chi connectivity index (χ0v) is 10.2. The number of halogens is 1. The van der Waals surface area contributed by atoms with E-state index in [1.807, 2.05) is 0 Å². The van der Waals surface area contributed by atoms with Gasteiger partial charge in [0.15, 0.2) is 6.61 Å². The molecule has 0 aliphatic rings. The van der Waals surface area contributed by atoms with E-state index in [-0.39, 0.29) is 19.1 Å². The van der Waals surface area contributed by atoms with Gasteiger partial charge in [0.25, 0.3) is 0 Å². The molecule has 5 heteroatoms. The molecule has 1 rings (SSSR count). The Morgan fingerprint density at radius 2 is 1.94 bits per heavy atom. The largest absolute Gasteiger partial charge is 0.474 e. The number of rotatable bonds is 5. The maximum atomic E-state index is 13.2. The van der Waals surface area contributed by atoms with Crippen LogP contribution in [0.15, 0.2) is 12.4 Å². The van der Waals surface area contributed by atoms with Gasteiger partial charge in [-0.25, -0.2) is 14.4 Å². The fourth-order valence-corrected chi connectivity index (χ4v) is 0.908. The summed E-state index contributed by atoms with van der Waals surface area (Å²) in [5.74, 6) is 6.08. The van der Waals surface area contributed by atoms with Crippen LogP contribution in [-0.4, -0.2) is 28.9 Å². The van der Waals surface area contributed by atoms with E-state index in [1.165, 1.54) is 26.2 Å². The summed E-state index contributed by atoms with van der Waals surface area (Å²) in [7, 11) is 0. The molecular formula is C12H15FN2O2. The van der Waals surface area contributed by atoms with Gasteiger partial charge in [0, 0.05) is 0 Å². The van der Waals surface area contributed by atoms with Crippen LogP contribution in [0.25, 0.3) is 0 Å². The van der Waals surface area contributed by atoms with Crippen LogP contribution in [0.5, 0.6) is 11.8 Å². The van der Waals surface area contributed by atoms with Gasteiger partial charge in [0.2, 0.25) is 11.8 Å². The van der Waals surface area contributed by atoms with Crippen molar-refractivity contribution in [2.45, 2.75) is 26.4 Å². The third-order valence-electron chi connectivity index (χ3n) is 1.65. The van der Waals surface area contributed by atoms with Gasteiger partial charge < -0.3 is 9.47 Å². The Morgan fingerprint density at radius 1 is 1.29 bits per heavy atom. The second-order valence-electron chi connectivity index (χ2n) is 3.92. The highest BCUT2D eigenvalue weighted by molar-refractivity contribution is 5.18. The average molecular weight is 238 g/mol. The lowest BCUT2D eigenvalue weighted by Gasteiger charge is -2.14. The molecule has 4 nitrogen and oxygen atoms in total. The molecule has 0 saturated carbocycles. The van der Waals surface area contributed by atoms with Crippen molar-refractivity contribution < 1.29 is 13.9 Å². The second-order valence-corrected chi connectivity index (χ2v) is 3.92. The highest BCUT2D eigenvalue weighted by atomic mass is 19.1. The predicted octanol–water partition coefficient (Wildman–Crippen LogP) is 2.01. The van der Waals surface area contributed by atoms with Gasteiger partial charge in [0.1, 0.15) is 18.6 Å². The van der Waals surface area contributed by atoms with Gasteiger partial charge in [0.05, 0.1) is 6.07 Å². The fraction of sp³-hybridized carbons (Fsp3) is 0.500. The number of hydrogen-bond donors (Lipinski definition) is 0. The topological polar surface area (TPSA) is 44.2 Å². The molecule has 0 radical (unpaired) electrons. The Bertz CT molecular complexity index is 418. The molecule has 1 aromatic heterocycles. The van der Waals surface area contributed by atoms with Gasteiger partial charge in [-0.2, -0.15) is 0 Å². The van der Waals surface area contributed by atoms with Crippen LogP contribution in [0.2, 0.25) is 0 Å². The van der Waals surface area contributed by atoms with Gasteiger partial charge >= 0.3 is 0 Å². The number of nitrogens with zero attached hydrogens (tertiary/aromatic N) is 2. The number of alkyl halides is 1. The number of ether oxygens (including phenoxy) is 2. The summed E-state index contributed by atoms with van der Waals surface area (Å²) >= 11 is 0. The molecule has 0 amide bonds. The molecule has 17 heavy (non-hydrogen) atoms. The minimum Gasteiger partial charge on any atom is -0.474 e. The van der Waals surface area contributed by atoms with Crippen molar-refractivity contribution in [1.82, 2.24) is 9.97 Å². The molecule has 92 valence electrons. The minimum atomic E-state index is -1.40. The second kappa shape index (κ2) is 6.04. The standard InChI is InChI=1S/C12H15FN2O2/c1-4-5-6-16-10-7-11(15-9-14-10)17-8-12(2,3)13/h7,9H,6,8H2,1-3H3. The van der Waals surface area contributed by atoms with Crippen LogP contribution in [0, 0.1) is 11.8 Å². The molecule has 0 saturated heterocycles. The van der Waals surface area contributed by atoms with E-state index in [0.29, 0.717) is 5.88 Å². The van der Waals surface area contributed by atoms with E-state index in [1.54, 1.807) is 6.92 Å². The molecule has 0 spiro atoms. The summed E-state index contributed by atoms with van der Waals surface area (Å²) in [4.78, 5) is 7.74. The van der Waals surface area contributed by atoms with Crippen molar-refractivity contribution in [3.05, 3.63) is 12.4 Å². The zero-order valence-electron chi connectivity index (χ0n) is 10.2. The van der Waals surface area contributed by atoms with Gasteiger partial charge in [-0.3, -0.25) is 0 Å². The summed E-state index contributed by atoms with van der Waals surface area (Å²) in [5.41, 5.74) is -1.40. The summed E-state index contributed by atoms with van der Waals surface area (Å²) in [6, 6.07) is 1.50. The first kappa shape index (κ1) is 13.2.